The maximum atomic E-state index is 13.1. The van der Waals surface area contributed by atoms with Gasteiger partial charge in [-0.1, -0.05) is 41.7 Å². The van der Waals surface area contributed by atoms with E-state index in [1.807, 2.05) is 47.4 Å². The summed E-state index contributed by atoms with van der Waals surface area (Å²) < 4.78 is 32.8. The second kappa shape index (κ2) is 10.8. The number of carbonyl (C=O) groups excluding carboxylic acids is 1. The Morgan fingerprint density at radius 3 is 2.34 bits per heavy atom. The number of nitrogens with one attached hydrogen (secondary N) is 1. The zero-order valence-corrected chi connectivity index (χ0v) is 20.2. The average molecular weight is 545 g/mol. The molecule has 0 saturated carbocycles. The molecule has 3 heterocycles. The number of amides is 1. The van der Waals surface area contributed by atoms with Gasteiger partial charge in [-0.05, 0) is 47.9 Å². The monoisotopic (exact) mass is 544 g/mol. The van der Waals surface area contributed by atoms with E-state index in [4.69, 9.17) is 9.90 Å². The maximum absolute atomic E-state index is 13.1. The lowest BCUT2D eigenvalue weighted by molar-refractivity contribution is -0.192. The summed E-state index contributed by atoms with van der Waals surface area (Å²) in [5, 5.41) is 19.9. The second-order valence-corrected chi connectivity index (χ2v) is 9.08. The number of hydrogen-bond acceptors (Lipinski definition) is 7. The molecule has 0 radical (unpaired) electrons. The van der Waals surface area contributed by atoms with Crippen LogP contribution in [0.15, 0.2) is 60.7 Å². The van der Waals surface area contributed by atoms with Gasteiger partial charge >= 0.3 is 18.1 Å². The minimum atomic E-state index is -5.08. The Morgan fingerprint density at radius 2 is 1.66 bits per heavy atom. The third-order valence-corrected chi connectivity index (χ3v) is 6.50. The minimum Gasteiger partial charge on any atom is -0.477 e. The zero-order chi connectivity index (χ0) is 27.4. The molecule has 3 N–H and O–H groups in total. The fraction of sp³-hybridized carbons (Fsp3) is 0.160. The Bertz CT molecular complexity index is 1490. The summed E-state index contributed by atoms with van der Waals surface area (Å²) in [7, 11) is 0. The number of rotatable bonds is 4. The van der Waals surface area contributed by atoms with Crippen LogP contribution >= 0.6 is 11.3 Å². The number of halogens is 3. The first kappa shape index (κ1) is 26.5. The van der Waals surface area contributed by atoms with E-state index < -0.39 is 18.1 Å². The van der Waals surface area contributed by atoms with Crippen LogP contribution in [-0.4, -0.2) is 50.7 Å². The zero-order valence-electron chi connectivity index (χ0n) is 19.4. The lowest BCUT2D eigenvalue weighted by Gasteiger charge is -2.31. The van der Waals surface area contributed by atoms with E-state index in [9.17, 15) is 27.9 Å². The van der Waals surface area contributed by atoms with Crippen molar-refractivity contribution in [2.24, 2.45) is 0 Å². The van der Waals surface area contributed by atoms with Crippen LogP contribution in [-0.2, 0) is 17.8 Å². The van der Waals surface area contributed by atoms with Gasteiger partial charge in [-0.25, -0.2) is 19.6 Å². The SMILES string of the molecule is O=C(O)C(F)(F)F.O=C(O)c1cccc(N2CCc3cccc(C(=O)Nc4nc5ccccc5s4)c3C2)n1. The van der Waals surface area contributed by atoms with Gasteiger partial charge in [0.15, 0.2) is 10.8 Å². The van der Waals surface area contributed by atoms with E-state index in [1.54, 1.807) is 12.1 Å². The van der Waals surface area contributed by atoms with Crippen LogP contribution in [0.3, 0.4) is 0 Å². The Kier molecular flexibility index (Phi) is 7.57. The quantitative estimate of drug-likeness (QED) is 0.333. The van der Waals surface area contributed by atoms with Crippen LogP contribution in [0, 0.1) is 0 Å². The highest BCUT2D eigenvalue weighted by molar-refractivity contribution is 7.22. The molecule has 0 saturated heterocycles. The van der Waals surface area contributed by atoms with Crippen molar-refractivity contribution in [3.05, 3.63) is 83.0 Å². The number of anilines is 2. The number of aliphatic carboxylic acids is 1. The summed E-state index contributed by atoms with van der Waals surface area (Å²) in [6.45, 7) is 1.18. The van der Waals surface area contributed by atoms with Crippen molar-refractivity contribution in [3.8, 4) is 0 Å². The van der Waals surface area contributed by atoms with Crippen molar-refractivity contribution in [3.63, 3.8) is 0 Å². The number of aromatic carboxylic acids is 1. The molecular weight excluding hydrogens is 525 g/mol. The predicted octanol–water partition coefficient (Wildman–Crippen LogP) is 4.84. The third kappa shape index (κ3) is 6.06. The lowest BCUT2D eigenvalue weighted by atomic mass is 9.94. The molecule has 1 aliphatic rings. The molecule has 0 fully saturated rings. The summed E-state index contributed by atoms with van der Waals surface area (Å²) in [5.74, 6) is -3.43. The van der Waals surface area contributed by atoms with Gasteiger partial charge in [-0.2, -0.15) is 13.2 Å². The normalized spacial score (nSPS) is 12.8. The van der Waals surface area contributed by atoms with Crippen molar-refractivity contribution in [1.29, 1.82) is 0 Å². The number of alkyl halides is 3. The predicted molar refractivity (Wildman–Crippen MR) is 134 cm³/mol. The van der Waals surface area contributed by atoms with Gasteiger partial charge in [0.1, 0.15) is 5.82 Å². The topological polar surface area (TPSA) is 133 Å². The molecule has 1 amide bonds. The van der Waals surface area contributed by atoms with Gasteiger partial charge in [0.05, 0.1) is 10.2 Å². The maximum Gasteiger partial charge on any atom is 0.490 e. The first-order chi connectivity index (χ1) is 18.0. The number of nitrogens with zero attached hydrogens (tertiary/aromatic N) is 3. The molecule has 0 atom stereocenters. The largest absolute Gasteiger partial charge is 0.490 e. The summed E-state index contributed by atoms with van der Waals surface area (Å²) >= 11 is 1.44. The molecule has 196 valence electrons. The molecule has 0 bridgehead atoms. The Morgan fingerprint density at radius 1 is 0.947 bits per heavy atom. The smallest absolute Gasteiger partial charge is 0.477 e. The molecule has 5 rings (SSSR count). The van der Waals surface area contributed by atoms with Gasteiger partial charge in [0.2, 0.25) is 0 Å². The second-order valence-electron chi connectivity index (χ2n) is 8.04. The molecule has 2 aromatic carbocycles. The summed E-state index contributed by atoms with van der Waals surface area (Å²) in [4.78, 5) is 44.0. The third-order valence-electron chi connectivity index (χ3n) is 5.55. The van der Waals surface area contributed by atoms with Crippen molar-refractivity contribution >= 4 is 50.3 Å². The van der Waals surface area contributed by atoms with E-state index in [0.717, 1.165) is 27.8 Å². The van der Waals surface area contributed by atoms with Crippen molar-refractivity contribution in [1.82, 2.24) is 9.97 Å². The molecule has 0 spiro atoms. The highest BCUT2D eigenvalue weighted by Crippen LogP contribution is 2.29. The molecule has 9 nitrogen and oxygen atoms in total. The summed E-state index contributed by atoms with van der Waals surface area (Å²) in [6, 6.07) is 18.4. The van der Waals surface area contributed by atoms with Gasteiger partial charge in [0, 0.05) is 18.7 Å². The average Bonchev–Trinajstić information content (AvgIpc) is 3.30. The molecule has 1 aliphatic heterocycles. The molecule has 4 aromatic rings. The highest BCUT2D eigenvalue weighted by Gasteiger charge is 2.38. The molecule has 0 aliphatic carbocycles. The van der Waals surface area contributed by atoms with Gasteiger partial charge < -0.3 is 15.1 Å². The van der Waals surface area contributed by atoms with Crippen LogP contribution in [0.4, 0.5) is 24.1 Å². The number of hydrogen-bond donors (Lipinski definition) is 3. The van der Waals surface area contributed by atoms with E-state index >= 15 is 0 Å². The first-order valence-electron chi connectivity index (χ1n) is 11.1. The number of fused-ring (bicyclic) bond motifs is 2. The van der Waals surface area contributed by atoms with Crippen molar-refractivity contribution < 1.29 is 37.8 Å². The van der Waals surface area contributed by atoms with Crippen LogP contribution in [0.25, 0.3) is 10.2 Å². The van der Waals surface area contributed by atoms with E-state index in [-0.39, 0.29) is 11.6 Å². The number of thiazole rings is 1. The Hall–Kier alpha value is -4.52. The fourth-order valence-electron chi connectivity index (χ4n) is 3.80. The minimum absolute atomic E-state index is 0.00478. The number of pyridine rings is 1. The molecule has 38 heavy (non-hydrogen) atoms. The van der Waals surface area contributed by atoms with Gasteiger partial charge in [0.25, 0.3) is 5.91 Å². The number of carbonyl (C=O) groups is 3. The van der Waals surface area contributed by atoms with Crippen LogP contribution in [0.2, 0.25) is 0 Å². The van der Waals surface area contributed by atoms with Crippen LogP contribution in [0.1, 0.15) is 32.0 Å². The molecule has 0 unspecified atom stereocenters. The van der Waals surface area contributed by atoms with Crippen molar-refractivity contribution in [2.45, 2.75) is 19.1 Å². The number of para-hydroxylation sites is 1. The first-order valence-corrected chi connectivity index (χ1v) is 11.9. The summed E-state index contributed by atoms with van der Waals surface area (Å²) in [6.07, 6.45) is -4.34. The fourth-order valence-corrected chi connectivity index (χ4v) is 4.66. The Balaban J connectivity index is 0.000000426. The summed E-state index contributed by atoms with van der Waals surface area (Å²) in [5.41, 5.74) is 3.49. The van der Waals surface area contributed by atoms with Gasteiger partial charge in [-0.3, -0.25) is 10.1 Å². The van der Waals surface area contributed by atoms with E-state index in [0.29, 0.717) is 29.6 Å². The number of carboxylic acids is 2. The Labute approximate surface area is 217 Å². The van der Waals surface area contributed by atoms with Crippen LogP contribution < -0.4 is 10.2 Å². The number of benzene rings is 2. The van der Waals surface area contributed by atoms with Crippen LogP contribution in [0.5, 0.6) is 0 Å². The highest BCUT2D eigenvalue weighted by atomic mass is 32.1. The van der Waals surface area contributed by atoms with E-state index in [2.05, 4.69) is 15.3 Å². The number of carboxylic acid groups (broad SMARTS) is 2. The van der Waals surface area contributed by atoms with Crippen molar-refractivity contribution in [2.75, 3.05) is 16.8 Å². The standard InChI is InChI=1S/C23H18N4O3S.C2HF3O2/c28-21(26-23-25-17-7-1-2-9-19(17)31-23)15-6-3-5-14-11-12-27(13-16(14)15)20-10-4-8-18(24-20)22(29)30;3-2(4,5)1(6)7/h1-10H,11-13H2,(H,29,30)(H,25,26,28);(H,6,7). The molecule has 13 heteroatoms. The number of aromatic nitrogens is 2. The lowest BCUT2D eigenvalue weighted by Crippen LogP contribution is -2.33. The van der Waals surface area contributed by atoms with E-state index in [1.165, 1.54) is 17.4 Å². The molecule has 2 aromatic heterocycles. The van der Waals surface area contributed by atoms with Gasteiger partial charge in [-0.15, -0.1) is 0 Å². The molecular formula is C25H19F3N4O5S.